The SMILES string of the molecule is CCc1ccc(CN2CCc3ccccc3C2CN)s1. The van der Waals surface area contributed by atoms with E-state index in [4.69, 9.17) is 5.73 Å². The van der Waals surface area contributed by atoms with Crippen LogP contribution in [0.5, 0.6) is 0 Å². The van der Waals surface area contributed by atoms with Crippen molar-refractivity contribution in [3.63, 3.8) is 0 Å². The Morgan fingerprint density at radius 1 is 1.20 bits per heavy atom. The van der Waals surface area contributed by atoms with E-state index < -0.39 is 0 Å². The van der Waals surface area contributed by atoms with Crippen LogP contribution in [0.1, 0.15) is 33.8 Å². The third-order valence-electron chi connectivity index (χ3n) is 4.17. The topological polar surface area (TPSA) is 29.3 Å². The molecule has 0 bridgehead atoms. The summed E-state index contributed by atoms with van der Waals surface area (Å²) in [7, 11) is 0. The molecule has 3 heteroatoms. The van der Waals surface area contributed by atoms with Crippen LogP contribution < -0.4 is 5.73 Å². The second-order valence-corrected chi connectivity index (χ2v) is 6.65. The lowest BCUT2D eigenvalue weighted by atomic mass is 9.92. The molecular weight excluding hydrogens is 264 g/mol. The van der Waals surface area contributed by atoms with Gasteiger partial charge in [-0.25, -0.2) is 0 Å². The highest BCUT2D eigenvalue weighted by molar-refractivity contribution is 7.11. The summed E-state index contributed by atoms with van der Waals surface area (Å²) in [6.07, 6.45) is 2.27. The smallest absolute Gasteiger partial charge is 0.0477 e. The van der Waals surface area contributed by atoms with E-state index in [1.165, 1.54) is 20.9 Å². The van der Waals surface area contributed by atoms with Crippen molar-refractivity contribution in [2.75, 3.05) is 13.1 Å². The highest BCUT2D eigenvalue weighted by Gasteiger charge is 2.26. The molecule has 0 saturated carbocycles. The molecule has 1 aliphatic heterocycles. The number of fused-ring (bicyclic) bond motifs is 1. The predicted octanol–water partition coefficient (Wildman–Crippen LogP) is 3.37. The summed E-state index contributed by atoms with van der Waals surface area (Å²) < 4.78 is 0. The summed E-state index contributed by atoms with van der Waals surface area (Å²) in [5.41, 5.74) is 8.95. The Hall–Kier alpha value is -1.16. The minimum atomic E-state index is 0.368. The summed E-state index contributed by atoms with van der Waals surface area (Å²) in [6.45, 7) is 5.05. The minimum Gasteiger partial charge on any atom is -0.329 e. The second kappa shape index (κ2) is 6.08. The van der Waals surface area contributed by atoms with Gasteiger partial charge in [0.05, 0.1) is 0 Å². The first-order valence-electron chi connectivity index (χ1n) is 7.41. The minimum absolute atomic E-state index is 0.368. The van der Waals surface area contributed by atoms with Crippen LogP contribution in [0.4, 0.5) is 0 Å². The maximum Gasteiger partial charge on any atom is 0.0477 e. The van der Waals surface area contributed by atoms with E-state index in [9.17, 15) is 0 Å². The molecule has 0 spiro atoms. The highest BCUT2D eigenvalue weighted by atomic mass is 32.1. The maximum atomic E-state index is 6.06. The van der Waals surface area contributed by atoms with E-state index in [1.54, 1.807) is 0 Å². The third kappa shape index (κ3) is 2.66. The molecule has 1 aromatic heterocycles. The number of thiophene rings is 1. The van der Waals surface area contributed by atoms with Gasteiger partial charge in [-0.1, -0.05) is 31.2 Å². The van der Waals surface area contributed by atoms with Gasteiger partial charge < -0.3 is 5.73 Å². The highest BCUT2D eigenvalue weighted by Crippen LogP contribution is 2.31. The predicted molar refractivity (Wildman–Crippen MR) is 86.0 cm³/mol. The fraction of sp³-hybridized carbons (Fsp3) is 0.412. The molecule has 2 N–H and O–H groups in total. The molecule has 1 aromatic carbocycles. The fourth-order valence-corrected chi connectivity index (χ4v) is 4.05. The van der Waals surface area contributed by atoms with Gasteiger partial charge >= 0.3 is 0 Å². The van der Waals surface area contributed by atoms with Crippen molar-refractivity contribution in [1.82, 2.24) is 4.90 Å². The van der Waals surface area contributed by atoms with Crippen LogP contribution in [0.3, 0.4) is 0 Å². The Balaban J connectivity index is 1.80. The van der Waals surface area contributed by atoms with Gasteiger partial charge in [-0.05, 0) is 36.1 Å². The number of nitrogens with zero attached hydrogens (tertiary/aromatic N) is 1. The Kier molecular flexibility index (Phi) is 4.20. The van der Waals surface area contributed by atoms with E-state index in [-0.39, 0.29) is 0 Å². The molecule has 106 valence electrons. The molecule has 0 aliphatic carbocycles. The van der Waals surface area contributed by atoms with E-state index in [0.717, 1.165) is 25.9 Å². The summed E-state index contributed by atoms with van der Waals surface area (Å²) in [5, 5.41) is 0. The molecule has 0 amide bonds. The molecule has 2 heterocycles. The molecular formula is C17H22N2S. The van der Waals surface area contributed by atoms with E-state index >= 15 is 0 Å². The largest absolute Gasteiger partial charge is 0.329 e. The molecule has 3 rings (SSSR count). The molecule has 20 heavy (non-hydrogen) atoms. The number of aryl methyl sites for hydroxylation is 1. The maximum absolute atomic E-state index is 6.06. The van der Waals surface area contributed by atoms with Gasteiger partial charge in [-0.3, -0.25) is 4.90 Å². The van der Waals surface area contributed by atoms with Crippen molar-refractivity contribution >= 4 is 11.3 Å². The number of nitrogens with two attached hydrogens (primary N) is 1. The van der Waals surface area contributed by atoms with Crippen LogP contribution in [0.2, 0.25) is 0 Å². The molecule has 0 radical (unpaired) electrons. The van der Waals surface area contributed by atoms with Crippen molar-refractivity contribution in [2.45, 2.75) is 32.4 Å². The average Bonchev–Trinajstić information content (AvgIpc) is 2.95. The summed E-state index contributed by atoms with van der Waals surface area (Å²) >= 11 is 1.94. The number of hydrogen-bond acceptors (Lipinski definition) is 3. The normalized spacial score (nSPS) is 19.0. The zero-order chi connectivity index (χ0) is 13.9. The van der Waals surface area contributed by atoms with Crippen LogP contribution in [-0.2, 0) is 19.4 Å². The Morgan fingerprint density at radius 2 is 2.00 bits per heavy atom. The number of benzene rings is 1. The van der Waals surface area contributed by atoms with Crippen molar-refractivity contribution in [3.8, 4) is 0 Å². The second-order valence-electron chi connectivity index (χ2n) is 5.39. The molecule has 1 aliphatic rings. The first-order chi connectivity index (χ1) is 9.81. The lowest BCUT2D eigenvalue weighted by Crippen LogP contribution is -2.38. The van der Waals surface area contributed by atoms with Gasteiger partial charge in [-0.2, -0.15) is 0 Å². The number of rotatable bonds is 4. The van der Waals surface area contributed by atoms with Crippen LogP contribution in [0, 0.1) is 0 Å². The Labute approximate surface area is 125 Å². The van der Waals surface area contributed by atoms with Gasteiger partial charge in [0, 0.05) is 35.4 Å². The van der Waals surface area contributed by atoms with Gasteiger partial charge in [-0.15, -0.1) is 11.3 Å². The monoisotopic (exact) mass is 286 g/mol. The van der Waals surface area contributed by atoms with Gasteiger partial charge in [0.1, 0.15) is 0 Å². The number of hydrogen-bond donors (Lipinski definition) is 1. The fourth-order valence-electron chi connectivity index (χ4n) is 3.07. The van der Waals surface area contributed by atoms with E-state index in [1.807, 2.05) is 11.3 Å². The van der Waals surface area contributed by atoms with Crippen LogP contribution in [0.15, 0.2) is 36.4 Å². The Morgan fingerprint density at radius 3 is 2.75 bits per heavy atom. The molecule has 0 fully saturated rings. The van der Waals surface area contributed by atoms with Crippen molar-refractivity contribution in [1.29, 1.82) is 0 Å². The van der Waals surface area contributed by atoms with Crippen molar-refractivity contribution < 1.29 is 0 Å². The zero-order valence-corrected chi connectivity index (χ0v) is 12.8. The van der Waals surface area contributed by atoms with Crippen molar-refractivity contribution in [2.24, 2.45) is 5.73 Å². The molecule has 1 atom stereocenters. The van der Waals surface area contributed by atoms with Crippen molar-refractivity contribution in [3.05, 3.63) is 57.3 Å². The van der Waals surface area contributed by atoms with Gasteiger partial charge in [0.25, 0.3) is 0 Å². The Bertz CT molecular complexity index is 576. The lowest BCUT2D eigenvalue weighted by Gasteiger charge is -2.36. The standard InChI is InChI=1S/C17H22N2S/c1-2-14-7-8-15(20-14)12-19-10-9-13-5-3-4-6-16(13)17(19)11-18/h3-8,17H,2,9-12,18H2,1H3. The zero-order valence-electron chi connectivity index (χ0n) is 12.0. The molecule has 2 nitrogen and oxygen atoms in total. The molecule has 2 aromatic rings. The summed E-state index contributed by atoms with van der Waals surface area (Å²) in [4.78, 5) is 5.47. The molecule has 1 unspecified atom stereocenters. The quantitative estimate of drug-likeness (QED) is 0.933. The first kappa shape index (κ1) is 13.8. The third-order valence-corrected chi connectivity index (χ3v) is 5.39. The van der Waals surface area contributed by atoms with Crippen LogP contribution in [0.25, 0.3) is 0 Å². The average molecular weight is 286 g/mol. The van der Waals surface area contributed by atoms with E-state index in [0.29, 0.717) is 12.6 Å². The van der Waals surface area contributed by atoms with Crippen LogP contribution in [-0.4, -0.2) is 18.0 Å². The molecule has 0 saturated heterocycles. The van der Waals surface area contributed by atoms with E-state index in [2.05, 4.69) is 48.2 Å². The summed E-state index contributed by atoms with van der Waals surface area (Å²) in [6, 6.07) is 13.7. The van der Waals surface area contributed by atoms with Crippen LogP contribution >= 0.6 is 11.3 Å². The van der Waals surface area contributed by atoms with Gasteiger partial charge in [0.15, 0.2) is 0 Å². The lowest BCUT2D eigenvalue weighted by molar-refractivity contribution is 0.182. The van der Waals surface area contributed by atoms with Gasteiger partial charge in [0.2, 0.25) is 0 Å². The first-order valence-corrected chi connectivity index (χ1v) is 8.23. The summed E-state index contributed by atoms with van der Waals surface area (Å²) in [5.74, 6) is 0.